The number of hydrogen-bond acceptors (Lipinski definition) is 4. The summed E-state index contributed by atoms with van der Waals surface area (Å²) in [6.07, 6.45) is 0.538. The Hall–Kier alpha value is -2.04. The van der Waals surface area contributed by atoms with Gasteiger partial charge in [0.2, 0.25) is 0 Å². The molecule has 2 aliphatic rings. The van der Waals surface area contributed by atoms with Gasteiger partial charge in [0, 0.05) is 32.2 Å². The van der Waals surface area contributed by atoms with Crippen molar-refractivity contribution in [3.63, 3.8) is 0 Å². The van der Waals surface area contributed by atoms with Gasteiger partial charge in [0.05, 0.1) is 11.8 Å². The smallest absolute Gasteiger partial charge is 0.138 e. The summed E-state index contributed by atoms with van der Waals surface area (Å²) < 4.78 is 0. The third kappa shape index (κ3) is 2.58. The normalized spacial score (nSPS) is 24.7. The second-order valence-corrected chi connectivity index (χ2v) is 6.43. The van der Waals surface area contributed by atoms with Crippen LogP contribution in [0.2, 0.25) is 0 Å². The highest BCUT2D eigenvalue weighted by atomic mass is 16.3. The standard InChI is InChI=1S/C19H22N2O2/c22-18-8-4-3-7-16(18)20-9-11-21(12-10-20)17-13-14-5-1-2-6-15(14)19(17)23/h1-8,17,19,22-23H,9-13H2. The highest BCUT2D eigenvalue weighted by Gasteiger charge is 2.36. The van der Waals surface area contributed by atoms with Crippen LogP contribution in [0, 0.1) is 0 Å². The highest BCUT2D eigenvalue weighted by Crippen LogP contribution is 2.35. The molecule has 1 heterocycles. The van der Waals surface area contributed by atoms with Crippen LogP contribution in [0.4, 0.5) is 5.69 Å². The van der Waals surface area contributed by atoms with E-state index in [0.717, 1.165) is 43.9 Å². The molecule has 1 aliphatic heterocycles. The predicted octanol–water partition coefficient (Wildman–Crippen LogP) is 2.17. The molecule has 4 rings (SSSR count). The number of aliphatic hydroxyl groups excluding tert-OH is 1. The Morgan fingerprint density at radius 1 is 0.870 bits per heavy atom. The second-order valence-electron chi connectivity index (χ2n) is 6.43. The molecule has 120 valence electrons. The monoisotopic (exact) mass is 310 g/mol. The summed E-state index contributed by atoms with van der Waals surface area (Å²) in [5.74, 6) is 0.342. The van der Waals surface area contributed by atoms with E-state index in [9.17, 15) is 10.2 Å². The summed E-state index contributed by atoms with van der Waals surface area (Å²) in [5.41, 5.74) is 3.26. The number of rotatable bonds is 2. The summed E-state index contributed by atoms with van der Waals surface area (Å²) >= 11 is 0. The van der Waals surface area contributed by atoms with Gasteiger partial charge in [-0.05, 0) is 29.7 Å². The Kier molecular flexibility index (Phi) is 3.71. The van der Waals surface area contributed by atoms with Crippen LogP contribution in [0.5, 0.6) is 5.75 Å². The third-order valence-electron chi connectivity index (χ3n) is 5.17. The van der Waals surface area contributed by atoms with Crippen molar-refractivity contribution in [2.24, 2.45) is 0 Å². The van der Waals surface area contributed by atoms with Crippen molar-refractivity contribution in [1.82, 2.24) is 4.90 Å². The van der Waals surface area contributed by atoms with E-state index in [1.54, 1.807) is 6.07 Å². The number of para-hydroxylation sites is 2. The predicted molar refractivity (Wildman–Crippen MR) is 90.8 cm³/mol. The number of aromatic hydroxyl groups is 1. The van der Waals surface area contributed by atoms with Gasteiger partial charge in [0.15, 0.2) is 0 Å². The van der Waals surface area contributed by atoms with E-state index in [1.807, 2.05) is 36.4 Å². The first-order valence-corrected chi connectivity index (χ1v) is 8.27. The van der Waals surface area contributed by atoms with Crippen molar-refractivity contribution in [3.05, 3.63) is 59.7 Å². The molecule has 2 aromatic rings. The van der Waals surface area contributed by atoms with Crippen LogP contribution in [0.15, 0.2) is 48.5 Å². The van der Waals surface area contributed by atoms with Gasteiger partial charge >= 0.3 is 0 Å². The Balaban J connectivity index is 1.44. The first-order valence-electron chi connectivity index (χ1n) is 8.27. The van der Waals surface area contributed by atoms with Gasteiger partial charge < -0.3 is 15.1 Å². The summed E-state index contributed by atoms with van der Waals surface area (Å²) in [6, 6.07) is 15.9. The van der Waals surface area contributed by atoms with Gasteiger partial charge in [-0.15, -0.1) is 0 Å². The fourth-order valence-corrected chi connectivity index (χ4v) is 3.91. The van der Waals surface area contributed by atoms with Gasteiger partial charge in [0.1, 0.15) is 5.75 Å². The van der Waals surface area contributed by atoms with Gasteiger partial charge in [-0.25, -0.2) is 0 Å². The number of anilines is 1. The molecule has 0 saturated carbocycles. The average molecular weight is 310 g/mol. The summed E-state index contributed by atoms with van der Waals surface area (Å²) in [5, 5.41) is 20.6. The van der Waals surface area contributed by atoms with Crippen molar-refractivity contribution < 1.29 is 10.2 Å². The van der Waals surface area contributed by atoms with Crippen LogP contribution in [-0.4, -0.2) is 47.3 Å². The van der Waals surface area contributed by atoms with Gasteiger partial charge in [0.25, 0.3) is 0 Å². The quantitative estimate of drug-likeness (QED) is 0.892. The number of aliphatic hydroxyl groups is 1. The fourth-order valence-electron chi connectivity index (χ4n) is 3.91. The van der Waals surface area contributed by atoms with E-state index in [0.29, 0.717) is 5.75 Å². The molecule has 2 N–H and O–H groups in total. The number of benzene rings is 2. The number of hydrogen-bond donors (Lipinski definition) is 2. The van der Waals surface area contributed by atoms with Crippen LogP contribution in [0.25, 0.3) is 0 Å². The van der Waals surface area contributed by atoms with E-state index >= 15 is 0 Å². The van der Waals surface area contributed by atoms with Crippen molar-refractivity contribution >= 4 is 5.69 Å². The van der Waals surface area contributed by atoms with E-state index in [2.05, 4.69) is 15.9 Å². The van der Waals surface area contributed by atoms with Crippen LogP contribution < -0.4 is 4.90 Å². The lowest BCUT2D eigenvalue weighted by molar-refractivity contribution is 0.0571. The zero-order valence-electron chi connectivity index (χ0n) is 13.1. The number of nitrogens with zero attached hydrogens (tertiary/aromatic N) is 2. The molecule has 2 aromatic carbocycles. The van der Waals surface area contributed by atoms with E-state index in [1.165, 1.54) is 5.56 Å². The third-order valence-corrected chi connectivity index (χ3v) is 5.17. The molecular formula is C19H22N2O2. The molecule has 1 saturated heterocycles. The Morgan fingerprint density at radius 2 is 1.57 bits per heavy atom. The van der Waals surface area contributed by atoms with Gasteiger partial charge in [-0.3, -0.25) is 4.90 Å². The molecule has 1 fully saturated rings. The zero-order valence-corrected chi connectivity index (χ0v) is 13.1. The van der Waals surface area contributed by atoms with Crippen LogP contribution in [-0.2, 0) is 6.42 Å². The molecule has 0 amide bonds. The number of piperazine rings is 1. The Bertz CT molecular complexity index is 695. The van der Waals surface area contributed by atoms with E-state index in [4.69, 9.17) is 0 Å². The molecule has 0 spiro atoms. The zero-order chi connectivity index (χ0) is 15.8. The number of phenols is 1. The SMILES string of the molecule is Oc1ccccc1N1CCN(C2Cc3ccccc3C2O)CC1. The molecule has 0 aromatic heterocycles. The summed E-state index contributed by atoms with van der Waals surface area (Å²) in [6.45, 7) is 3.56. The number of fused-ring (bicyclic) bond motifs is 1. The summed E-state index contributed by atoms with van der Waals surface area (Å²) in [4.78, 5) is 4.61. The fraction of sp³-hybridized carbons (Fsp3) is 0.368. The van der Waals surface area contributed by atoms with E-state index in [-0.39, 0.29) is 12.1 Å². The van der Waals surface area contributed by atoms with Gasteiger partial charge in [-0.2, -0.15) is 0 Å². The van der Waals surface area contributed by atoms with Gasteiger partial charge in [-0.1, -0.05) is 36.4 Å². The van der Waals surface area contributed by atoms with Crippen LogP contribution in [0.3, 0.4) is 0 Å². The molecule has 4 heteroatoms. The minimum Gasteiger partial charge on any atom is -0.506 e. The minimum absolute atomic E-state index is 0.180. The first kappa shape index (κ1) is 14.5. The summed E-state index contributed by atoms with van der Waals surface area (Å²) in [7, 11) is 0. The number of phenolic OH excluding ortho intramolecular Hbond substituents is 1. The molecule has 2 unspecified atom stereocenters. The lowest BCUT2D eigenvalue weighted by atomic mass is 10.1. The maximum absolute atomic E-state index is 10.6. The molecule has 2 atom stereocenters. The molecule has 1 aliphatic carbocycles. The van der Waals surface area contributed by atoms with Crippen molar-refractivity contribution in [2.75, 3.05) is 31.1 Å². The largest absolute Gasteiger partial charge is 0.506 e. The van der Waals surface area contributed by atoms with Crippen molar-refractivity contribution in [3.8, 4) is 5.75 Å². The van der Waals surface area contributed by atoms with Crippen molar-refractivity contribution in [1.29, 1.82) is 0 Å². The minimum atomic E-state index is -0.386. The maximum atomic E-state index is 10.6. The van der Waals surface area contributed by atoms with Crippen molar-refractivity contribution in [2.45, 2.75) is 18.6 Å². The highest BCUT2D eigenvalue weighted by molar-refractivity contribution is 5.57. The first-order chi connectivity index (χ1) is 11.2. The van der Waals surface area contributed by atoms with E-state index < -0.39 is 0 Å². The molecular weight excluding hydrogens is 288 g/mol. The lowest BCUT2D eigenvalue weighted by Crippen LogP contribution is -2.51. The molecule has 4 nitrogen and oxygen atoms in total. The Morgan fingerprint density at radius 3 is 2.30 bits per heavy atom. The Labute approximate surface area is 136 Å². The molecule has 23 heavy (non-hydrogen) atoms. The topological polar surface area (TPSA) is 46.9 Å². The average Bonchev–Trinajstić information content (AvgIpc) is 2.93. The molecule has 0 radical (unpaired) electrons. The lowest BCUT2D eigenvalue weighted by Gasteiger charge is -2.40. The molecule has 0 bridgehead atoms. The van der Waals surface area contributed by atoms with Crippen LogP contribution >= 0.6 is 0 Å². The second kappa shape index (κ2) is 5.87. The van der Waals surface area contributed by atoms with Crippen LogP contribution in [0.1, 0.15) is 17.2 Å². The maximum Gasteiger partial charge on any atom is 0.138 e.